The second-order valence-electron chi connectivity index (χ2n) is 5.97. The minimum absolute atomic E-state index is 0.122. The van der Waals surface area contributed by atoms with Gasteiger partial charge < -0.3 is 10.2 Å². The fourth-order valence-corrected chi connectivity index (χ4v) is 3.65. The van der Waals surface area contributed by atoms with Crippen molar-refractivity contribution in [2.45, 2.75) is 39.8 Å². The quantitative estimate of drug-likeness (QED) is 0.730. The van der Waals surface area contributed by atoms with Crippen molar-refractivity contribution in [2.24, 2.45) is 0 Å². The molecule has 0 spiro atoms. The van der Waals surface area contributed by atoms with Crippen molar-refractivity contribution < 1.29 is 9.42 Å². The number of urea groups is 1. The fourth-order valence-electron chi connectivity index (χ4n) is 2.54. The maximum absolute atomic E-state index is 12.3. The first kappa shape index (κ1) is 17.3. The Labute approximate surface area is 150 Å². The molecule has 0 unspecified atom stereocenters. The molecule has 0 aliphatic heterocycles. The van der Waals surface area contributed by atoms with Crippen molar-refractivity contribution in [3.63, 3.8) is 0 Å². The summed E-state index contributed by atoms with van der Waals surface area (Å²) in [5, 5.41) is 11.7. The zero-order valence-electron chi connectivity index (χ0n) is 14.6. The molecule has 0 fully saturated rings. The third-order valence-electron chi connectivity index (χ3n) is 3.89. The van der Waals surface area contributed by atoms with Gasteiger partial charge in [-0.3, -0.25) is 0 Å². The molecule has 2 amide bonds. The van der Waals surface area contributed by atoms with Crippen LogP contribution in [-0.2, 0) is 19.5 Å². The number of hydrogen-bond donors (Lipinski definition) is 1. The fraction of sp³-hybridized carbons (Fsp3) is 0.412. The average molecular weight is 359 g/mol. The molecule has 0 saturated heterocycles. The third kappa shape index (κ3) is 4.14. The second-order valence-corrected chi connectivity index (χ2v) is 7.14. The van der Waals surface area contributed by atoms with Crippen LogP contribution in [0.25, 0.3) is 11.0 Å². The Balaban J connectivity index is 1.57. The Bertz CT molecular complexity index is 873. The number of aromatic nitrogens is 3. The van der Waals surface area contributed by atoms with Gasteiger partial charge in [0.1, 0.15) is 11.0 Å². The number of thiazole rings is 1. The van der Waals surface area contributed by atoms with Gasteiger partial charge in [0, 0.05) is 18.5 Å². The predicted octanol–water partition coefficient (Wildman–Crippen LogP) is 3.28. The summed E-state index contributed by atoms with van der Waals surface area (Å²) in [6.07, 6.45) is 2.06. The smallest absolute Gasteiger partial charge is 0.317 e. The number of fused-ring (bicyclic) bond motifs is 1. The number of benzene rings is 1. The number of amides is 2. The van der Waals surface area contributed by atoms with Gasteiger partial charge in [0.05, 0.1) is 17.2 Å². The predicted molar refractivity (Wildman–Crippen MR) is 96.4 cm³/mol. The second kappa shape index (κ2) is 7.60. The molecule has 2 heterocycles. The van der Waals surface area contributed by atoms with Crippen LogP contribution in [0, 0.1) is 6.92 Å². The van der Waals surface area contributed by atoms with E-state index in [0.717, 1.165) is 34.0 Å². The van der Waals surface area contributed by atoms with Gasteiger partial charge >= 0.3 is 6.03 Å². The molecule has 1 N–H and O–H groups in total. The lowest BCUT2D eigenvalue weighted by Crippen LogP contribution is -2.36. The molecule has 0 radical (unpaired) electrons. The molecular weight excluding hydrogens is 338 g/mol. The summed E-state index contributed by atoms with van der Waals surface area (Å²) in [6, 6.07) is 5.51. The first-order valence-electron chi connectivity index (χ1n) is 8.22. The van der Waals surface area contributed by atoms with Crippen molar-refractivity contribution in [2.75, 3.05) is 7.05 Å². The van der Waals surface area contributed by atoms with Gasteiger partial charge in [-0.1, -0.05) is 13.0 Å². The van der Waals surface area contributed by atoms with Gasteiger partial charge in [0.25, 0.3) is 0 Å². The van der Waals surface area contributed by atoms with Crippen molar-refractivity contribution in [3.05, 3.63) is 39.3 Å². The third-order valence-corrected chi connectivity index (χ3v) is 5.10. The van der Waals surface area contributed by atoms with Gasteiger partial charge in [-0.05, 0) is 47.8 Å². The van der Waals surface area contributed by atoms with Crippen molar-refractivity contribution in [1.82, 2.24) is 25.5 Å². The van der Waals surface area contributed by atoms with Crippen LogP contribution in [0.3, 0.4) is 0 Å². The van der Waals surface area contributed by atoms with Crippen molar-refractivity contribution >= 4 is 28.4 Å². The summed E-state index contributed by atoms with van der Waals surface area (Å²) in [5.41, 5.74) is 3.37. The molecule has 0 atom stereocenters. The van der Waals surface area contributed by atoms with Crippen LogP contribution in [0.5, 0.6) is 0 Å². The number of hydrogen-bond acceptors (Lipinski definition) is 6. The number of carbonyl (C=O) groups is 1. The lowest BCUT2D eigenvalue weighted by Gasteiger charge is -2.17. The highest BCUT2D eigenvalue weighted by molar-refractivity contribution is 7.11. The number of carbonyl (C=O) groups excluding carboxylic acids is 1. The Kier molecular flexibility index (Phi) is 5.28. The maximum atomic E-state index is 12.3. The minimum atomic E-state index is -0.122. The zero-order valence-corrected chi connectivity index (χ0v) is 15.4. The molecule has 3 rings (SSSR count). The van der Waals surface area contributed by atoms with Crippen molar-refractivity contribution in [3.8, 4) is 0 Å². The largest absolute Gasteiger partial charge is 0.333 e. The van der Waals surface area contributed by atoms with E-state index < -0.39 is 0 Å². The van der Waals surface area contributed by atoms with Gasteiger partial charge in [-0.2, -0.15) is 0 Å². The summed E-state index contributed by atoms with van der Waals surface area (Å²) < 4.78 is 4.69. The number of aryl methyl sites for hydroxylation is 2. The summed E-state index contributed by atoms with van der Waals surface area (Å²) in [6.45, 7) is 5.11. The molecule has 7 nitrogen and oxygen atoms in total. The highest BCUT2D eigenvalue weighted by atomic mass is 32.1. The van der Waals surface area contributed by atoms with Crippen LogP contribution in [0.1, 0.15) is 34.5 Å². The molecule has 0 saturated carbocycles. The van der Waals surface area contributed by atoms with Gasteiger partial charge in [0.15, 0.2) is 0 Å². The van der Waals surface area contributed by atoms with E-state index in [1.165, 1.54) is 0 Å². The van der Waals surface area contributed by atoms with Crippen LogP contribution in [0.4, 0.5) is 4.79 Å². The SMILES string of the molecule is CCCc1nc(C)c(CNC(=O)N(C)Cc2ccc3nonc3c2)s1. The molecule has 0 aliphatic carbocycles. The topological polar surface area (TPSA) is 84.2 Å². The van der Waals surface area contributed by atoms with Crippen LogP contribution in [0.15, 0.2) is 22.8 Å². The van der Waals surface area contributed by atoms with Crippen molar-refractivity contribution in [1.29, 1.82) is 0 Å². The van der Waals surface area contributed by atoms with Crippen LogP contribution >= 0.6 is 11.3 Å². The summed E-state index contributed by atoms with van der Waals surface area (Å²) in [5.74, 6) is 0. The monoisotopic (exact) mass is 359 g/mol. The van der Waals surface area contributed by atoms with Gasteiger partial charge in [0.2, 0.25) is 0 Å². The van der Waals surface area contributed by atoms with E-state index in [1.54, 1.807) is 23.3 Å². The van der Waals surface area contributed by atoms with Gasteiger partial charge in [-0.25, -0.2) is 14.4 Å². The molecule has 3 aromatic rings. The molecule has 1 aromatic carbocycles. The van der Waals surface area contributed by atoms with E-state index in [0.29, 0.717) is 24.1 Å². The van der Waals surface area contributed by atoms with E-state index in [2.05, 4.69) is 27.5 Å². The lowest BCUT2D eigenvalue weighted by atomic mass is 10.2. The van der Waals surface area contributed by atoms with Crippen LogP contribution in [0.2, 0.25) is 0 Å². The Morgan fingerprint density at radius 1 is 1.32 bits per heavy atom. The Morgan fingerprint density at radius 2 is 2.12 bits per heavy atom. The molecule has 2 aromatic heterocycles. The first-order chi connectivity index (χ1) is 12.1. The molecule has 8 heteroatoms. The van der Waals surface area contributed by atoms with Crippen LogP contribution < -0.4 is 5.32 Å². The molecule has 0 aliphatic rings. The van der Waals surface area contributed by atoms with E-state index >= 15 is 0 Å². The Hall–Kier alpha value is -2.48. The summed E-state index contributed by atoms with van der Waals surface area (Å²) >= 11 is 1.67. The van der Waals surface area contributed by atoms with E-state index in [4.69, 9.17) is 4.63 Å². The molecule has 0 bridgehead atoms. The molecule has 132 valence electrons. The lowest BCUT2D eigenvalue weighted by molar-refractivity contribution is 0.206. The zero-order chi connectivity index (χ0) is 17.8. The molecule has 25 heavy (non-hydrogen) atoms. The molecular formula is C17H21N5O2S. The van der Waals surface area contributed by atoms with Crippen LogP contribution in [-0.4, -0.2) is 33.3 Å². The number of rotatable bonds is 6. The maximum Gasteiger partial charge on any atom is 0.317 e. The van der Waals surface area contributed by atoms with E-state index in [9.17, 15) is 4.79 Å². The first-order valence-corrected chi connectivity index (χ1v) is 9.03. The standard InChI is InChI=1S/C17H21N5O2S/c1-4-5-16-19-11(2)15(25-16)9-18-17(23)22(3)10-12-6-7-13-14(8-12)21-24-20-13/h6-8H,4-5,9-10H2,1-3H3,(H,18,23). The van der Waals surface area contributed by atoms with E-state index in [1.807, 2.05) is 25.1 Å². The van der Waals surface area contributed by atoms with Gasteiger partial charge in [-0.15, -0.1) is 11.3 Å². The normalized spacial score (nSPS) is 11.0. The number of nitrogens with zero attached hydrogens (tertiary/aromatic N) is 4. The highest BCUT2D eigenvalue weighted by Crippen LogP contribution is 2.19. The summed E-state index contributed by atoms with van der Waals surface area (Å²) in [7, 11) is 1.77. The minimum Gasteiger partial charge on any atom is -0.333 e. The average Bonchev–Trinajstić information content (AvgIpc) is 3.18. The highest BCUT2D eigenvalue weighted by Gasteiger charge is 2.12. The Morgan fingerprint density at radius 3 is 2.92 bits per heavy atom. The number of nitrogens with one attached hydrogen (secondary N) is 1. The van der Waals surface area contributed by atoms with E-state index in [-0.39, 0.29) is 6.03 Å². The summed E-state index contributed by atoms with van der Waals surface area (Å²) in [4.78, 5) is 19.6.